The third-order valence-corrected chi connectivity index (χ3v) is 3.40. The average Bonchev–Trinajstić information content (AvgIpc) is 2.44. The SMILES string of the molecule is CCCC[C@H](N)C(=O)NC(C)CCc1ccc(O)cc1. The maximum absolute atomic E-state index is 11.8. The molecule has 0 fully saturated rings. The zero-order chi connectivity index (χ0) is 15.0. The topological polar surface area (TPSA) is 75.4 Å². The number of nitrogens with one attached hydrogen (secondary N) is 1. The zero-order valence-electron chi connectivity index (χ0n) is 12.4. The lowest BCUT2D eigenvalue weighted by Gasteiger charge is -2.17. The maximum atomic E-state index is 11.8. The van der Waals surface area contributed by atoms with Gasteiger partial charge in [-0.2, -0.15) is 0 Å². The number of carbonyl (C=O) groups excluding carboxylic acids is 1. The summed E-state index contributed by atoms with van der Waals surface area (Å²) in [5, 5.41) is 12.2. The number of hydrogen-bond acceptors (Lipinski definition) is 3. The molecule has 0 saturated heterocycles. The van der Waals surface area contributed by atoms with Crippen molar-refractivity contribution in [2.24, 2.45) is 5.73 Å². The summed E-state index contributed by atoms with van der Waals surface area (Å²) in [6.07, 6.45) is 4.50. The lowest BCUT2D eigenvalue weighted by Crippen LogP contribution is -2.44. The van der Waals surface area contributed by atoms with Crippen LogP contribution in [0.25, 0.3) is 0 Å². The summed E-state index contributed by atoms with van der Waals surface area (Å²) in [6, 6.07) is 6.86. The van der Waals surface area contributed by atoms with Crippen molar-refractivity contribution >= 4 is 5.91 Å². The first-order chi connectivity index (χ1) is 9.52. The summed E-state index contributed by atoms with van der Waals surface area (Å²) >= 11 is 0. The Hall–Kier alpha value is -1.55. The molecular weight excluding hydrogens is 252 g/mol. The van der Waals surface area contributed by atoms with E-state index in [0.717, 1.165) is 37.7 Å². The Kier molecular flexibility index (Phi) is 7.09. The van der Waals surface area contributed by atoms with Crippen molar-refractivity contribution in [3.63, 3.8) is 0 Å². The van der Waals surface area contributed by atoms with E-state index in [0.29, 0.717) is 0 Å². The highest BCUT2D eigenvalue weighted by molar-refractivity contribution is 5.81. The summed E-state index contributed by atoms with van der Waals surface area (Å²) < 4.78 is 0. The predicted octanol–water partition coefficient (Wildman–Crippen LogP) is 2.35. The Bertz CT molecular complexity index is 403. The van der Waals surface area contributed by atoms with Crippen LogP contribution in [0.4, 0.5) is 0 Å². The van der Waals surface area contributed by atoms with Gasteiger partial charge in [-0.15, -0.1) is 0 Å². The fourth-order valence-electron chi connectivity index (χ4n) is 2.02. The second-order valence-electron chi connectivity index (χ2n) is 5.36. The molecule has 1 aromatic carbocycles. The van der Waals surface area contributed by atoms with Crippen LogP contribution in [-0.2, 0) is 11.2 Å². The smallest absolute Gasteiger partial charge is 0.237 e. The Morgan fingerprint density at radius 1 is 1.30 bits per heavy atom. The van der Waals surface area contributed by atoms with Gasteiger partial charge in [0.05, 0.1) is 6.04 Å². The summed E-state index contributed by atoms with van der Waals surface area (Å²) in [5.74, 6) is 0.216. The molecule has 1 amide bonds. The van der Waals surface area contributed by atoms with E-state index < -0.39 is 6.04 Å². The van der Waals surface area contributed by atoms with E-state index in [-0.39, 0.29) is 17.7 Å². The third-order valence-electron chi connectivity index (χ3n) is 3.40. The van der Waals surface area contributed by atoms with E-state index >= 15 is 0 Å². The van der Waals surface area contributed by atoms with E-state index in [1.54, 1.807) is 12.1 Å². The lowest BCUT2D eigenvalue weighted by molar-refractivity contribution is -0.123. The minimum Gasteiger partial charge on any atom is -0.508 e. The maximum Gasteiger partial charge on any atom is 0.237 e. The average molecular weight is 278 g/mol. The van der Waals surface area contributed by atoms with Gasteiger partial charge in [-0.25, -0.2) is 0 Å². The number of nitrogens with two attached hydrogens (primary N) is 1. The molecule has 0 heterocycles. The van der Waals surface area contributed by atoms with Crippen LogP contribution < -0.4 is 11.1 Å². The number of aryl methyl sites for hydroxylation is 1. The van der Waals surface area contributed by atoms with Crippen LogP contribution >= 0.6 is 0 Å². The van der Waals surface area contributed by atoms with E-state index in [4.69, 9.17) is 5.73 Å². The molecule has 1 rings (SSSR count). The molecule has 0 aliphatic carbocycles. The number of amides is 1. The Morgan fingerprint density at radius 2 is 1.95 bits per heavy atom. The summed E-state index contributed by atoms with van der Waals surface area (Å²) in [4.78, 5) is 11.8. The molecular formula is C16H26N2O2. The van der Waals surface area contributed by atoms with Gasteiger partial charge in [0.1, 0.15) is 5.75 Å². The van der Waals surface area contributed by atoms with E-state index in [9.17, 15) is 9.90 Å². The van der Waals surface area contributed by atoms with Crippen LogP contribution in [-0.4, -0.2) is 23.1 Å². The van der Waals surface area contributed by atoms with E-state index in [1.165, 1.54) is 0 Å². The van der Waals surface area contributed by atoms with Gasteiger partial charge in [0.25, 0.3) is 0 Å². The molecule has 4 heteroatoms. The van der Waals surface area contributed by atoms with Gasteiger partial charge >= 0.3 is 0 Å². The van der Waals surface area contributed by atoms with Crippen molar-refractivity contribution < 1.29 is 9.90 Å². The number of benzene rings is 1. The lowest BCUT2D eigenvalue weighted by atomic mass is 10.1. The molecule has 0 aliphatic heterocycles. The van der Waals surface area contributed by atoms with E-state index in [1.807, 2.05) is 19.1 Å². The highest BCUT2D eigenvalue weighted by Gasteiger charge is 2.14. The highest BCUT2D eigenvalue weighted by atomic mass is 16.3. The van der Waals surface area contributed by atoms with Gasteiger partial charge in [-0.1, -0.05) is 31.9 Å². The molecule has 0 spiro atoms. The molecule has 4 N–H and O–H groups in total. The standard InChI is InChI=1S/C16H26N2O2/c1-3-4-5-15(17)16(20)18-12(2)6-7-13-8-10-14(19)11-9-13/h8-12,15,19H,3-7,17H2,1-2H3,(H,18,20)/t12?,15-/m0/s1. The van der Waals surface area contributed by atoms with Crippen LogP contribution in [0, 0.1) is 0 Å². The Labute approximate surface area is 121 Å². The first kappa shape index (κ1) is 16.5. The second-order valence-corrected chi connectivity index (χ2v) is 5.36. The van der Waals surface area contributed by atoms with Crippen molar-refractivity contribution in [1.29, 1.82) is 0 Å². The van der Waals surface area contributed by atoms with Gasteiger partial charge < -0.3 is 16.2 Å². The van der Waals surface area contributed by atoms with Crippen LogP contribution in [0.2, 0.25) is 0 Å². The molecule has 4 nitrogen and oxygen atoms in total. The summed E-state index contributed by atoms with van der Waals surface area (Å²) in [5.41, 5.74) is 6.99. The van der Waals surface area contributed by atoms with Crippen LogP contribution in [0.1, 0.15) is 45.1 Å². The highest BCUT2D eigenvalue weighted by Crippen LogP contribution is 2.12. The Morgan fingerprint density at radius 3 is 2.55 bits per heavy atom. The number of carbonyl (C=O) groups is 1. The minimum atomic E-state index is -0.397. The molecule has 0 aromatic heterocycles. The number of hydrogen-bond donors (Lipinski definition) is 3. The fourth-order valence-corrected chi connectivity index (χ4v) is 2.02. The van der Waals surface area contributed by atoms with Crippen molar-refractivity contribution in [3.8, 4) is 5.75 Å². The van der Waals surface area contributed by atoms with Crippen molar-refractivity contribution in [2.75, 3.05) is 0 Å². The number of rotatable bonds is 8. The summed E-state index contributed by atoms with van der Waals surface area (Å²) in [6.45, 7) is 4.08. The van der Waals surface area contributed by atoms with Crippen molar-refractivity contribution in [1.82, 2.24) is 5.32 Å². The molecule has 0 radical (unpaired) electrons. The normalized spacial score (nSPS) is 13.8. The molecule has 0 bridgehead atoms. The second kappa shape index (κ2) is 8.59. The van der Waals surface area contributed by atoms with Crippen molar-refractivity contribution in [3.05, 3.63) is 29.8 Å². The molecule has 112 valence electrons. The molecule has 20 heavy (non-hydrogen) atoms. The monoisotopic (exact) mass is 278 g/mol. The van der Waals surface area contributed by atoms with Crippen LogP contribution in [0.15, 0.2) is 24.3 Å². The van der Waals surface area contributed by atoms with E-state index in [2.05, 4.69) is 12.2 Å². The van der Waals surface area contributed by atoms with Gasteiger partial charge in [-0.05, 0) is 43.9 Å². The largest absolute Gasteiger partial charge is 0.508 e. The van der Waals surface area contributed by atoms with Gasteiger partial charge in [0, 0.05) is 6.04 Å². The molecule has 1 unspecified atom stereocenters. The molecule has 0 saturated carbocycles. The number of phenols is 1. The molecule has 2 atom stereocenters. The quantitative estimate of drug-likeness (QED) is 0.683. The molecule has 1 aromatic rings. The number of phenolic OH excluding ortho intramolecular Hbond substituents is 1. The van der Waals surface area contributed by atoms with Crippen LogP contribution in [0.3, 0.4) is 0 Å². The Balaban J connectivity index is 2.30. The first-order valence-electron chi connectivity index (χ1n) is 7.36. The number of aromatic hydroxyl groups is 1. The third kappa shape index (κ3) is 6.06. The van der Waals surface area contributed by atoms with Crippen LogP contribution in [0.5, 0.6) is 5.75 Å². The minimum absolute atomic E-state index is 0.0587. The van der Waals surface area contributed by atoms with Gasteiger partial charge in [-0.3, -0.25) is 4.79 Å². The fraction of sp³-hybridized carbons (Fsp3) is 0.562. The van der Waals surface area contributed by atoms with Gasteiger partial charge in [0.15, 0.2) is 0 Å². The zero-order valence-corrected chi connectivity index (χ0v) is 12.4. The number of unbranched alkanes of at least 4 members (excludes halogenated alkanes) is 1. The summed E-state index contributed by atoms with van der Waals surface area (Å²) in [7, 11) is 0. The molecule has 0 aliphatic rings. The van der Waals surface area contributed by atoms with Crippen molar-refractivity contribution in [2.45, 2.75) is 58.0 Å². The first-order valence-corrected chi connectivity index (χ1v) is 7.36. The predicted molar refractivity (Wildman–Crippen MR) is 81.5 cm³/mol. The van der Waals surface area contributed by atoms with Gasteiger partial charge in [0.2, 0.25) is 5.91 Å².